The van der Waals surface area contributed by atoms with Crippen LogP contribution in [0.1, 0.15) is 52.0 Å². The third-order valence-corrected chi connectivity index (χ3v) is 5.46. The molecule has 5 nitrogen and oxygen atoms in total. The van der Waals surface area contributed by atoms with Crippen LogP contribution < -0.4 is 10.1 Å². The molecule has 1 N–H and O–H groups in total. The van der Waals surface area contributed by atoms with Crippen LogP contribution in [0.25, 0.3) is 6.08 Å². The third-order valence-electron chi connectivity index (χ3n) is 4.09. The maximum absolute atomic E-state index is 12.6. The molecule has 2 rings (SSSR count). The number of nitrogens with one attached hydrogen (secondary N) is 1. The van der Waals surface area contributed by atoms with Crippen LogP contribution in [0.3, 0.4) is 0 Å². The highest BCUT2D eigenvalue weighted by atomic mass is 32.2. The molecule has 0 aliphatic carbocycles. The van der Waals surface area contributed by atoms with Crippen molar-refractivity contribution in [2.24, 2.45) is 0 Å². The Kier molecular flexibility index (Phi) is 8.07. The number of carbonyl (C=O) groups excluding carboxylic acids is 2. The number of carbonyl (C=O) groups is 2. The zero-order chi connectivity index (χ0) is 20.7. The first-order valence-electron chi connectivity index (χ1n) is 9.40. The molecule has 7 heteroatoms. The Labute approximate surface area is 176 Å². The second-order valence-electron chi connectivity index (χ2n) is 7.72. The van der Waals surface area contributed by atoms with Gasteiger partial charge in [-0.3, -0.25) is 14.5 Å². The summed E-state index contributed by atoms with van der Waals surface area (Å²) in [5.74, 6) is 0.803. The van der Waals surface area contributed by atoms with Crippen LogP contribution in [0.5, 0.6) is 5.75 Å². The summed E-state index contributed by atoms with van der Waals surface area (Å²) in [6.07, 6.45) is 4.87. The van der Waals surface area contributed by atoms with Gasteiger partial charge >= 0.3 is 0 Å². The molecule has 28 heavy (non-hydrogen) atoms. The van der Waals surface area contributed by atoms with Crippen LogP contribution in [-0.4, -0.2) is 40.2 Å². The summed E-state index contributed by atoms with van der Waals surface area (Å²) in [5, 5.41) is 2.96. The van der Waals surface area contributed by atoms with Crippen molar-refractivity contribution in [3.8, 4) is 5.75 Å². The third kappa shape index (κ3) is 6.95. The average Bonchev–Trinajstić information content (AvgIpc) is 2.87. The molecular formula is C21H28N2O3S2. The van der Waals surface area contributed by atoms with Gasteiger partial charge in [0.15, 0.2) is 0 Å². The molecule has 1 saturated heterocycles. The van der Waals surface area contributed by atoms with Gasteiger partial charge in [0.1, 0.15) is 10.1 Å². The molecule has 0 bridgehead atoms. The summed E-state index contributed by atoms with van der Waals surface area (Å²) in [6, 6.07) is 7.55. The van der Waals surface area contributed by atoms with Gasteiger partial charge < -0.3 is 10.1 Å². The van der Waals surface area contributed by atoms with E-state index in [1.54, 1.807) is 12.0 Å². The molecule has 1 aliphatic rings. The molecule has 1 fully saturated rings. The quantitative estimate of drug-likeness (QED) is 0.384. The second-order valence-corrected chi connectivity index (χ2v) is 9.39. The van der Waals surface area contributed by atoms with E-state index in [2.05, 4.69) is 5.32 Å². The van der Waals surface area contributed by atoms with Crippen LogP contribution >= 0.6 is 24.0 Å². The highest BCUT2D eigenvalue weighted by molar-refractivity contribution is 8.26. The van der Waals surface area contributed by atoms with E-state index < -0.39 is 0 Å². The fourth-order valence-corrected chi connectivity index (χ4v) is 4.07. The Bertz CT molecular complexity index is 752. The Hall–Kier alpha value is -1.86. The first kappa shape index (κ1) is 22.4. The lowest BCUT2D eigenvalue weighted by Gasteiger charge is -2.20. The van der Waals surface area contributed by atoms with Crippen LogP contribution in [-0.2, 0) is 9.59 Å². The number of hydrogen-bond acceptors (Lipinski definition) is 5. The number of thioether (sulfide) groups is 1. The molecule has 0 radical (unpaired) electrons. The Morgan fingerprint density at radius 1 is 1.21 bits per heavy atom. The molecule has 1 heterocycles. The molecule has 1 aromatic rings. The predicted molar refractivity (Wildman–Crippen MR) is 119 cm³/mol. The number of nitrogens with zero attached hydrogens (tertiary/aromatic N) is 1. The van der Waals surface area contributed by atoms with Crippen LogP contribution in [0.4, 0.5) is 0 Å². The van der Waals surface area contributed by atoms with E-state index in [4.69, 9.17) is 17.0 Å². The number of benzene rings is 1. The molecule has 2 amide bonds. The number of unbranched alkanes of at least 4 members (excludes halogenated alkanes) is 2. The van der Waals surface area contributed by atoms with Crippen molar-refractivity contribution in [1.29, 1.82) is 0 Å². The average molecular weight is 421 g/mol. The molecule has 0 unspecified atom stereocenters. The molecule has 0 spiro atoms. The number of rotatable bonds is 8. The van der Waals surface area contributed by atoms with Crippen molar-refractivity contribution in [1.82, 2.24) is 10.2 Å². The molecular weight excluding hydrogens is 392 g/mol. The monoisotopic (exact) mass is 420 g/mol. The molecule has 1 aromatic carbocycles. The fourth-order valence-electron chi connectivity index (χ4n) is 2.76. The maximum Gasteiger partial charge on any atom is 0.266 e. The van der Waals surface area contributed by atoms with Crippen LogP contribution in [0.2, 0.25) is 0 Å². The Morgan fingerprint density at radius 2 is 1.89 bits per heavy atom. The van der Waals surface area contributed by atoms with Gasteiger partial charge in [0.25, 0.3) is 5.91 Å². The number of thiocarbonyl (C=S) groups is 1. The maximum atomic E-state index is 12.6. The minimum atomic E-state index is -0.199. The molecule has 0 aromatic heterocycles. The van der Waals surface area contributed by atoms with Crippen molar-refractivity contribution >= 4 is 46.2 Å². The summed E-state index contributed by atoms with van der Waals surface area (Å²) in [7, 11) is 1.62. The van der Waals surface area contributed by atoms with Gasteiger partial charge in [0.2, 0.25) is 5.91 Å². The van der Waals surface area contributed by atoms with E-state index in [9.17, 15) is 9.59 Å². The summed E-state index contributed by atoms with van der Waals surface area (Å²) in [6.45, 7) is 6.50. The van der Waals surface area contributed by atoms with Crippen molar-refractivity contribution < 1.29 is 14.3 Å². The molecule has 1 aliphatic heterocycles. The Balaban J connectivity index is 1.80. The number of hydrogen-bond donors (Lipinski definition) is 1. The van der Waals surface area contributed by atoms with Gasteiger partial charge in [-0.1, -0.05) is 42.5 Å². The van der Waals surface area contributed by atoms with Gasteiger partial charge in [0, 0.05) is 18.5 Å². The van der Waals surface area contributed by atoms with E-state index in [-0.39, 0.29) is 17.4 Å². The van der Waals surface area contributed by atoms with Crippen molar-refractivity contribution in [3.05, 3.63) is 34.7 Å². The van der Waals surface area contributed by atoms with Crippen LogP contribution in [0.15, 0.2) is 29.2 Å². The van der Waals surface area contributed by atoms with E-state index in [0.717, 1.165) is 30.6 Å². The van der Waals surface area contributed by atoms with Crippen molar-refractivity contribution in [3.63, 3.8) is 0 Å². The largest absolute Gasteiger partial charge is 0.497 e. The standard InChI is InChI=1S/C21H28N2O3S2/c1-21(2,3)22-18(24)8-6-5-7-13-23-19(25)17(28-20(23)27)14-15-9-11-16(26-4)12-10-15/h9-12,14H,5-8,13H2,1-4H3,(H,22,24)/b17-14-. The summed E-state index contributed by atoms with van der Waals surface area (Å²) < 4.78 is 5.74. The zero-order valence-electron chi connectivity index (χ0n) is 16.9. The minimum Gasteiger partial charge on any atom is -0.497 e. The fraction of sp³-hybridized carbons (Fsp3) is 0.476. The van der Waals surface area contributed by atoms with Gasteiger partial charge in [-0.05, 0) is 57.4 Å². The van der Waals surface area contributed by atoms with Gasteiger partial charge in [-0.2, -0.15) is 0 Å². The number of methoxy groups -OCH3 is 1. The molecule has 0 atom stereocenters. The molecule has 0 saturated carbocycles. The van der Waals surface area contributed by atoms with Crippen molar-refractivity contribution in [2.45, 2.75) is 52.0 Å². The Morgan fingerprint density at radius 3 is 2.50 bits per heavy atom. The van der Waals surface area contributed by atoms with Crippen LogP contribution in [0, 0.1) is 0 Å². The van der Waals surface area contributed by atoms with E-state index in [0.29, 0.717) is 22.2 Å². The van der Waals surface area contributed by atoms with E-state index >= 15 is 0 Å². The van der Waals surface area contributed by atoms with Crippen molar-refractivity contribution in [2.75, 3.05) is 13.7 Å². The van der Waals surface area contributed by atoms with E-state index in [1.165, 1.54) is 11.8 Å². The lowest BCUT2D eigenvalue weighted by atomic mass is 10.1. The first-order valence-corrected chi connectivity index (χ1v) is 10.6. The number of ether oxygens (including phenoxy) is 1. The SMILES string of the molecule is COc1ccc(/C=C2\SC(=S)N(CCCCCC(=O)NC(C)(C)C)C2=O)cc1. The van der Waals surface area contributed by atoms with Gasteiger partial charge in [-0.25, -0.2) is 0 Å². The van der Waals surface area contributed by atoms with E-state index in [1.807, 2.05) is 51.1 Å². The topological polar surface area (TPSA) is 58.6 Å². The summed E-state index contributed by atoms with van der Waals surface area (Å²) >= 11 is 6.71. The number of amides is 2. The molecule has 152 valence electrons. The normalized spacial score (nSPS) is 16.0. The summed E-state index contributed by atoms with van der Waals surface area (Å²) in [4.78, 5) is 26.8. The smallest absolute Gasteiger partial charge is 0.266 e. The predicted octanol–water partition coefficient (Wildman–Crippen LogP) is 4.37. The zero-order valence-corrected chi connectivity index (χ0v) is 18.5. The lowest BCUT2D eigenvalue weighted by molar-refractivity contribution is -0.123. The summed E-state index contributed by atoms with van der Waals surface area (Å²) in [5.41, 5.74) is 0.737. The van der Waals surface area contributed by atoms with Gasteiger partial charge in [0.05, 0.1) is 12.0 Å². The first-order chi connectivity index (χ1) is 13.2. The van der Waals surface area contributed by atoms with Gasteiger partial charge in [-0.15, -0.1) is 0 Å². The highest BCUT2D eigenvalue weighted by Crippen LogP contribution is 2.33. The lowest BCUT2D eigenvalue weighted by Crippen LogP contribution is -2.40. The highest BCUT2D eigenvalue weighted by Gasteiger charge is 2.31. The second kappa shape index (κ2) is 10.1. The minimum absolute atomic E-state index is 0.0451.